The van der Waals surface area contributed by atoms with E-state index in [2.05, 4.69) is 9.97 Å². The van der Waals surface area contributed by atoms with Crippen molar-refractivity contribution in [3.05, 3.63) is 12.0 Å². The summed E-state index contributed by atoms with van der Waals surface area (Å²) in [5.41, 5.74) is 5.34. The third kappa shape index (κ3) is 3.18. The normalized spacial score (nSPS) is 11.7. The molecule has 0 aliphatic carbocycles. The van der Waals surface area contributed by atoms with Gasteiger partial charge in [0.25, 0.3) is 0 Å². The van der Waals surface area contributed by atoms with Crippen LogP contribution < -0.4 is 5.73 Å². The zero-order valence-electron chi connectivity index (χ0n) is 7.84. The molecule has 2 N–H and O–H groups in total. The monoisotopic (exact) mass is 201 g/mol. The number of nitrogen functional groups attached to an aromatic ring is 1. The standard InChI is InChI=1S/C8H12FN3S/c1-8(2,3)13-6-5(9)4-11-7(10)12-6/h4H,1-3H3,(H2,10,11,12). The van der Waals surface area contributed by atoms with Crippen molar-refractivity contribution in [3.63, 3.8) is 0 Å². The van der Waals surface area contributed by atoms with Gasteiger partial charge in [-0.25, -0.2) is 14.4 Å². The Labute approximate surface area is 81.0 Å². The van der Waals surface area contributed by atoms with E-state index >= 15 is 0 Å². The third-order valence-corrected chi connectivity index (χ3v) is 2.23. The molecular formula is C8H12FN3S. The molecule has 1 aromatic heterocycles. The second kappa shape index (κ2) is 3.49. The largest absolute Gasteiger partial charge is 0.368 e. The number of nitrogens with zero attached hydrogens (tertiary/aromatic N) is 2. The Morgan fingerprint density at radius 2 is 2.08 bits per heavy atom. The first-order chi connectivity index (χ1) is 5.88. The van der Waals surface area contributed by atoms with E-state index in [4.69, 9.17) is 5.73 Å². The van der Waals surface area contributed by atoms with Crippen molar-refractivity contribution >= 4 is 17.7 Å². The second-order valence-corrected chi connectivity index (χ2v) is 5.41. The van der Waals surface area contributed by atoms with Crippen LogP contribution in [0.25, 0.3) is 0 Å². The lowest BCUT2D eigenvalue weighted by atomic mass is 10.3. The van der Waals surface area contributed by atoms with Gasteiger partial charge in [0.15, 0.2) is 5.82 Å². The van der Waals surface area contributed by atoms with E-state index in [1.54, 1.807) is 0 Å². The molecule has 0 aliphatic rings. The number of aromatic nitrogens is 2. The number of rotatable bonds is 1. The van der Waals surface area contributed by atoms with Crippen molar-refractivity contribution in [2.24, 2.45) is 0 Å². The summed E-state index contributed by atoms with van der Waals surface area (Å²) >= 11 is 1.34. The van der Waals surface area contributed by atoms with Crippen LogP contribution in [0.15, 0.2) is 11.2 Å². The van der Waals surface area contributed by atoms with Crippen molar-refractivity contribution in [1.29, 1.82) is 0 Å². The highest BCUT2D eigenvalue weighted by atomic mass is 32.2. The summed E-state index contributed by atoms with van der Waals surface area (Å²) in [7, 11) is 0. The first kappa shape index (κ1) is 10.2. The molecular weight excluding hydrogens is 189 g/mol. The summed E-state index contributed by atoms with van der Waals surface area (Å²) in [6.45, 7) is 5.94. The van der Waals surface area contributed by atoms with Crippen molar-refractivity contribution in [2.75, 3.05) is 5.73 Å². The van der Waals surface area contributed by atoms with Crippen LogP contribution in [0.1, 0.15) is 20.8 Å². The minimum absolute atomic E-state index is 0.0817. The maximum atomic E-state index is 13.1. The average molecular weight is 201 g/mol. The van der Waals surface area contributed by atoms with Gasteiger partial charge in [0.1, 0.15) is 5.03 Å². The van der Waals surface area contributed by atoms with Crippen molar-refractivity contribution < 1.29 is 4.39 Å². The predicted octanol–water partition coefficient (Wildman–Crippen LogP) is 2.09. The average Bonchev–Trinajstić information content (AvgIpc) is 1.94. The lowest BCUT2D eigenvalue weighted by Gasteiger charge is -2.16. The first-order valence-corrected chi connectivity index (χ1v) is 4.67. The topological polar surface area (TPSA) is 51.8 Å². The van der Waals surface area contributed by atoms with Gasteiger partial charge in [0.05, 0.1) is 6.20 Å². The van der Waals surface area contributed by atoms with E-state index < -0.39 is 5.82 Å². The molecule has 0 unspecified atom stereocenters. The molecule has 13 heavy (non-hydrogen) atoms. The summed E-state index contributed by atoms with van der Waals surface area (Å²) in [5, 5.41) is 0.306. The highest BCUT2D eigenvalue weighted by Crippen LogP contribution is 2.31. The molecule has 1 aromatic rings. The molecule has 0 aliphatic heterocycles. The number of nitrogens with two attached hydrogens (primary N) is 1. The Morgan fingerprint density at radius 3 is 2.62 bits per heavy atom. The Balaban J connectivity index is 2.94. The van der Waals surface area contributed by atoms with Crippen LogP contribution in [0.5, 0.6) is 0 Å². The predicted molar refractivity (Wildman–Crippen MR) is 52.0 cm³/mol. The highest BCUT2D eigenvalue weighted by Gasteiger charge is 2.16. The van der Waals surface area contributed by atoms with Crippen molar-refractivity contribution in [2.45, 2.75) is 30.5 Å². The smallest absolute Gasteiger partial charge is 0.221 e. The summed E-state index contributed by atoms with van der Waals surface area (Å²) in [5.74, 6) is -0.317. The molecule has 0 bridgehead atoms. The molecule has 0 radical (unpaired) electrons. The maximum Gasteiger partial charge on any atom is 0.221 e. The minimum atomic E-state index is -0.422. The summed E-state index contributed by atoms with van der Waals surface area (Å²) < 4.78 is 13.0. The quantitative estimate of drug-likeness (QED) is 0.558. The summed E-state index contributed by atoms with van der Waals surface area (Å²) in [6, 6.07) is 0. The maximum absolute atomic E-state index is 13.1. The van der Waals surface area contributed by atoms with E-state index in [0.717, 1.165) is 6.20 Å². The highest BCUT2D eigenvalue weighted by molar-refractivity contribution is 8.00. The Kier molecular flexibility index (Phi) is 2.75. The zero-order chi connectivity index (χ0) is 10.1. The third-order valence-electron chi connectivity index (χ3n) is 1.13. The van der Waals surface area contributed by atoms with Crippen LogP contribution in [0.4, 0.5) is 10.3 Å². The van der Waals surface area contributed by atoms with E-state index in [9.17, 15) is 4.39 Å². The molecule has 0 saturated carbocycles. The van der Waals surface area contributed by atoms with Crippen LogP contribution in [0.3, 0.4) is 0 Å². The van der Waals surface area contributed by atoms with Gasteiger partial charge < -0.3 is 5.73 Å². The summed E-state index contributed by atoms with van der Waals surface area (Å²) in [4.78, 5) is 7.36. The van der Waals surface area contributed by atoms with Gasteiger partial charge in [-0.15, -0.1) is 0 Å². The van der Waals surface area contributed by atoms with Crippen LogP contribution in [0, 0.1) is 5.82 Å². The Morgan fingerprint density at radius 1 is 1.46 bits per heavy atom. The Hall–Kier alpha value is -0.840. The van der Waals surface area contributed by atoms with E-state index in [0.29, 0.717) is 5.03 Å². The summed E-state index contributed by atoms with van der Waals surface area (Å²) in [6.07, 6.45) is 1.09. The van der Waals surface area contributed by atoms with Gasteiger partial charge in [-0.05, 0) is 0 Å². The minimum Gasteiger partial charge on any atom is -0.368 e. The van der Waals surface area contributed by atoms with Gasteiger partial charge in [-0.3, -0.25) is 0 Å². The SMILES string of the molecule is CC(C)(C)Sc1nc(N)ncc1F. The second-order valence-electron chi connectivity index (χ2n) is 3.60. The lowest BCUT2D eigenvalue weighted by molar-refractivity contribution is 0.578. The molecule has 0 fully saturated rings. The molecule has 1 heterocycles. The fourth-order valence-corrected chi connectivity index (χ4v) is 1.60. The number of anilines is 1. The van der Waals surface area contributed by atoms with Crippen LogP contribution in [0.2, 0.25) is 0 Å². The molecule has 5 heteroatoms. The molecule has 0 aromatic carbocycles. The zero-order valence-corrected chi connectivity index (χ0v) is 8.65. The fraction of sp³-hybridized carbons (Fsp3) is 0.500. The molecule has 0 spiro atoms. The number of hydrogen-bond donors (Lipinski definition) is 1. The van der Waals surface area contributed by atoms with Gasteiger partial charge in [0, 0.05) is 4.75 Å². The molecule has 72 valence electrons. The van der Waals surface area contributed by atoms with Gasteiger partial charge in [-0.1, -0.05) is 32.5 Å². The fourth-order valence-electron chi connectivity index (χ4n) is 0.726. The van der Waals surface area contributed by atoms with E-state index in [1.165, 1.54) is 11.8 Å². The van der Waals surface area contributed by atoms with E-state index in [1.807, 2.05) is 20.8 Å². The molecule has 1 rings (SSSR count). The number of hydrogen-bond acceptors (Lipinski definition) is 4. The van der Waals surface area contributed by atoms with Crippen LogP contribution in [-0.4, -0.2) is 14.7 Å². The first-order valence-electron chi connectivity index (χ1n) is 3.85. The van der Waals surface area contributed by atoms with Crippen molar-refractivity contribution in [3.8, 4) is 0 Å². The number of thioether (sulfide) groups is 1. The van der Waals surface area contributed by atoms with E-state index in [-0.39, 0.29) is 10.7 Å². The van der Waals surface area contributed by atoms with Gasteiger partial charge in [-0.2, -0.15) is 0 Å². The number of halogens is 1. The van der Waals surface area contributed by atoms with Crippen molar-refractivity contribution in [1.82, 2.24) is 9.97 Å². The molecule has 0 saturated heterocycles. The van der Waals surface area contributed by atoms with Gasteiger partial charge >= 0.3 is 0 Å². The van der Waals surface area contributed by atoms with Crippen LogP contribution >= 0.6 is 11.8 Å². The van der Waals surface area contributed by atoms with Gasteiger partial charge in [0.2, 0.25) is 5.95 Å². The molecule has 3 nitrogen and oxygen atoms in total. The lowest BCUT2D eigenvalue weighted by Crippen LogP contribution is -2.09. The Bertz CT molecular complexity index is 309. The molecule has 0 atom stereocenters. The van der Waals surface area contributed by atoms with Crippen LogP contribution in [-0.2, 0) is 0 Å². The molecule has 0 amide bonds.